The molecule has 1 aromatic heterocycles. The molecule has 0 saturated heterocycles. The van der Waals surface area contributed by atoms with Gasteiger partial charge in [-0.05, 0) is 43.0 Å². The van der Waals surface area contributed by atoms with E-state index in [4.69, 9.17) is 4.74 Å². The average molecular weight is 448 g/mol. The van der Waals surface area contributed by atoms with E-state index >= 15 is 0 Å². The Morgan fingerprint density at radius 3 is 2.53 bits per heavy atom. The number of rotatable bonds is 6. The Hall–Kier alpha value is -3.36. The first-order valence-corrected chi connectivity index (χ1v) is 10.1. The van der Waals surface area contributed by atoms with Gasteiger partial charge < -0.3 is 14.6 Å². The molecule has 0 atom stereocenters. The van der Waals surface area contributed by atoms with Crippen molar-refractivity contribution in [3.05, 3.63) is 70.3 Å². The van der Waals surface area contributed by atoms with Gasteiger partial charge in [-0.25, -0.2) is 4.39 Å². The Morgan fingerprint density at radius 2 is 1.88 bits per heavy atom. The number of amides is 1. The van der Waals surface area contributed by atoms with Gasteiger partial charge in [-0.2, -0.15) is 13.2 Å². The summed E-state index contributed by atoms with van der Waals surface area (Å²) >= 11 is 0. The summed E-state index contributed by atoms with van der Waals surface area (Å²) in [4.78, 5) is 24.6. The molecule has 3 aromatic rings. The van der Waals surface area contributed by atoms with Crippen molar-refractivity contribution in [1.82, 2.24) is 4.57 Å². The predicted octanol–water partition coefficient (Wildman–Crippen LogP) is 4.98. The summed E-state index contributed by atoms with van der Waals surface area (Å²) in [5.41, 5.74) is -1.65. The van der Waals surface area contributed by atoms with Gasteiger partial charge in [-0.3, -0.25) is 9.59 Å². The number of hydrogen-bond donors (Lipinski definition) is 1. The Kier molecular flexibility index (Phi) is 5.90. The molecule has 1 amide bonds. The van der Waals surface area contributed by atoms with Crippen molar-refractivity contribution >= 4 is 22.5 Å². The van der Waals surface area contributed by atoms with Crippen LogP contribution in [0.5, 0.6) is 5.75 Å². The molecule has 5 nitrogen and oxygen atoms in total. The number of anilines is 1. The maximum absolute atomic E-state index is 13.7. The monoisotopic (exact) mass is 448 g/mol. The van der Waals surface area contributed by atoms with Crippen LogP contribution in [0.25, 0.3) is 10.9 Å². The number of nitrogens with zero attached hydrogens (tertiary/aromatic N) is 1. The molecule has 32 heavy (non-hydrogen) atoms. The van der Waals surface area contributed by atoms with Crippen LogP contribution in [-0.4, -0.2) is 17.1 Å². The van der Waals surface area contributed by atoms with Crippen LogP contribution in [0.1, 0.15) is 24.8 Å². The molecule has 0 bridgehead atoms. The van der Waals surface area contributed by atoms with E-state index in [0.717, 1.165) is 19.3 Å². The smallest absolute Gasteiger partial charge is 0.417 e. The molecule has 0 spiro atoms. The van der Waals surface area contributed by atoms with Gasteiger partial charge in [0, 0.05) is 24.1 Å². The van der Waals surface area contributed by atoms with Crippen molar-refractivity contribution < 1.29 is 27.1 Å². The molecule has 0 aliphatic heterocycles. The topological polar surface area (TPSA) is 60.3 Å². The van der Waals surface area contributed by atoms with Crippen LogP contribution < -0.4 is 15.6 Å². The van der Waals surface area contributed by atoms with Crippen molar-refractivity contribution in [3.63, 3.8) is 0 Å². The molecule has 1 saturated carbocycles. The number of ether oxygens (including phenoxy) is 1. The summed E-state index contributed by atoms with van der Waals surface area (Å²) < 4.78 is 60.9. The summed E-state index contributed by atoms with van der Waals surface area (Å²) in [5, 5.41) is 2.25. The van der Waals surface area contributed by atoms with E-state index in [9.17, 15) is 27.2 Å². The minimum absolute atomic E-state index is 0.0104. The molecule has 1 fully saturated rings. The van der Waals surface area contributed by atoms with E-state index < -0.39 is 35.6 Å². The van der Waals surface area contributed by atoms with Crippen molar-refractivity contribution in [2.75, 3.05) is 11.9 Å². The molecular formula is C23H20F4N2O3. The lowest BCUT2D eigenvalue weighted by molar-refractivity contribution is -0.136. The number of pyridine rings is 1. The molecule has 9 heteroatoms. The van der Waals surface area contributed by atoms with Crippen LogP contribution >= 0.6 is 0 Å². The highest BCUT2D eigenvalue weighted by Crippen LogP contribution is 2.36. The average Bonchev–Trinajstić information content (AvgIpc) is 2.70. The number of carbonyl (C=O) groups excluding carboxylic acids is 1. The summed E-state index contributed by atoms with van der Waals surface area (Å²) in [6.07, 6.45) is -1.82. The number of fused-ring (bicyclic) bond motifs is 1. The number of aromatic nitrogens is 1. The number of halogens is 4. The quantitative estimate of drug-likeness (QED) is 0.542. The third-order valence-corrected chi connectivity index (χ3v) is 5.57. The van der Waals surface area contributed by atoms with Crippen molar-refractivity contribution in [3.8, 4) is 5.75 Å². The normalized spacial score (nSPS) is 14.2. The summed E-state index contributed by atoms with van der Waals surface area (Å²) in [5.74, 6) is -0.872. The summed E-state index contributed by atoms with van der Waals surface area (Å²) in [6.45, 7) is -0.156. The van der Waals surface area contributed by atoms with Crippen LogP contribution in [0, 0.1) is 11.7 Å². The molecular weight excluding hydrogens is 428 g/mol. The van der Waals surface area contributed by atoms with Crippen LogP contribution in [0.15, 0.2) is 53.3 Å². The molecule has 1 heterocycles. The first-order chi connectivity index (χ1) is 15.2. The van der Waals surface area contributed by atoms with Gasteiger partial charge in [0.1, 0.15) is 11.6 Å². The minimum Gasteiger partial charge on any atom is -0.484 e. The van der Waals surface area contributed by atoms with E-state index in [1.54, 1.807) is 6.07 Å². The van der Waals surface area contributed by atoms with Crippen LogP contribution in [0.3, 0.4) is 0 Å². The van der Waals surface area contributed by atoms with Gasteiger partial charge in [0.2, 0.25) is 0 Å². The first kappa shape index (κ1) is 21.9. The summed E-state index contributed by atoms with van der Waals surface area (Å²) in [7, 11) is 0. The number of benzene rings is 2. The minimum atomic E-state index is -4.69. The fourth-order valence-electron chi connectivity index (χ4n) is 3.70. The third-order valence-electron chi connectivity index (χ3n) is 5.57. The largest absolute Gasteiger partial charge is 0.484 e. The molecule has 0 radical (unpaired) electrons. The zero-order valence-electron chi connectivity index (χ0n) is 16.9. The molecule has 4 rings (SSSR count). The Morgan fingerprint density at radius 1 is 1.12 bits per heavy atom. The molecule has 1 N–H and O–H groups in total. The number of alkyl halides is 3. The van der Waals surface area contributed by atoms with Gasteiger partial charge in [0.15, 0.2) is 6.61 Å². The fourth-order valence-corrected chi connectivity index (χ4v) is 3.70. The van der Waals surface area contributed by atoms with Crippen LogP contribution in [0.4, 0.5) is 23.2 Å². The molecule has 0 unspecified atom stereocenters. The lowest BCUT2D eigenvalue weighted by Gasteiger charge is -2.27. The lowest BCUT2D eigenvalue weighted by atomic mass is 9.85. The summed E-state index contributed by atoms with van der Waals surface area (Å²) in [6, 6.07) is 10.1. The molecule has 2 aromatic carbocycles. The van der Waals surface area contributed by atoms with Gasteiger partial charge in [0.25, 0.3) is 11.5 Å². The highest BCUT2D eigenvalue weighted by atomic mass is 19.4. The molecule has 1 aliphatic rings. The second-order valence-electron chi connectivity index (χ2n) is 7.80. The number of carbonyl (C=O) groups is 1. The first-order valence-electron chi connectivity index (χ1n) is 10.1. The van der Waals surface area contributed by atoms with E-state index in [1.807, 2.05) is 0 Å². The van der Waals surface area contributed by atoms with Crippen LogP contribution in [-0.2, 0) is 17.5 Å². The predicted molar refractivity (Wildman–Crippen MR) is 111 cm³/mol. The maximum atomic E-state index is 13.7. The van der Waals surface area contributed by atoms with Crippen molar-refractivity contribution in [1.29, 1.82) is 0 Å². The van der Waals surface area contributed by atoms with Crippen LogP contribution in [0.2, 0.25) is 0 Å². The van der Waals surface area contributed by atoms with Gasteiger partial charge in [-0.1, -0.05) is 18.6 Å². The molecule has 168 valence electrons. The maximum Gasteiger partial charge on any atom is 0.417 e. The number of para-hydroxylation sites is 1. The van der Waals surface area contributed by atoms with E-state index in [1.165, 1.54) is 41.0 Å². The lowest BCUT2D eigenvalue weighted by Crippen LogP contribution is -2.28. The Bertz CT molecular complexity index is 1220. The zero-order valence-corrected chi connectivity index (χ0v) is 16.9. The third kappa shape index (κ3) is 4.61. The number of hydrogen-bond acceptors (Lipinski definition) is 3. The number of nitrogens with one attached hydrogen (secondary N) is 1. The standard InChI is InChI=1S/C23H20F4N2O3/c24-18-6-1-2-7-19(18)28-21(30)13-32-15-8-9-16-17(23(25,26)27)11-22(31)29(20(16)10-15)12-14-4-3-5-14/h1-2,6-11,14H,3-5,12-13H2,(H,28,30). The highest BCUT2D eigenvalue weighted by molar-refractivity contribution is 5.92. The van der Waals surface area contributed by atoms with Gasteiger partial charge >= 0.3 is 6.18 Å². The molecule has 1 aliphatic carbocycles. The highest BCUT2D eigenvalue weighted by Gasteiger charge is 2.34. The zero-order chi connectivity index (χ0) is 22.9. The fraction of sp³-hybridized carbons (Fsp3) is 0.304. The second kappa shape index (κ2) is 8.64. The van der Waals surface area contributed by atoms with Gasteiger partial charge in [0.05, 0.1) is 16.8 Å². The SMILES string of the molecule is O=C(COc1ccc2c(C(F)(F)F)cc(=O)n(CC3CCC3)c2c1)Nc1ccccc1F. The Balaban J connectivity index is 1.61. The van der Waals surface area contributed by atoms with E-state index in [-0.39, 0.29) is 28.3 Å². The van der Waals surface area contributed by atoms with E-state index in [2.05, 4.69) is 5.32 Å². The van der Waals surface area contributed by atoms with E-state index in [0.29, 0.717) is 12.6 Å². The Labute approximate surface area is 180 Å². The second-order valence-corrected chi connectivity index (χ2v) is 7.80. The van der Waals surface area contributed by atoms with Gasteiger partial charge in [-0.15, -0.1) is 0 Å². The van der Waals surface area contributed by atoms with Crippen molar-refractivity contribution in [2.45, 2.75) is 32.0 Å². The van der Waals surface area contributed by atoms with Crippen molar-refractivity contribution in [2.24, 2.45) is 5.92 Å².